The van der Waals surface area contributed by atoms with Crippen LogP contribution in [0.4, 0.5) is 11.4 Å². The number of carbonyl (C=O) groups excluding carboxylic acids is 1. The van der Waals surface area contributed by atoms with Gasteiger partial charge in [0.25, 0.3) is 15.9 Å². The van der Waals surface area contributed by atoms with Crippen molar-refractivity contribution in [1.29, 1.82) is 0 Å². The third-order valence-electron chi connectivity index (χ3n) is 4.93. The molecular weight excluding hydrogens is 456 g/mol. The van der Waals surface area contributed by atoms with Crippen molar-refractivity contribution in [2.45, 2.75) is 11.8 Å². The highest BCUT2D eigenvalue weighted by Gasteiger charge is 2.28. The lowest BCUT2D eigenvalue weighted by molar-refractivity contribution is 0.102. The summed E-state index contributed by atoms with van der Waals surface area (Å²) < 4.78 is 33.4. The van der Waals surface area contributed by atoms with Gasteiger partial charge in [-0.1, -0.05) is 30.3 Å². The number of sulfonamides is 1. The maximum Gasteiger partial charge on any atom is 0.267 e. The molecular formula is C25H22N2O4S2. The quantitative estimate of drug-likeness (QED) is 0.357. The first-order chi connectivity index (χ1) is 15.8. The molecule has 0 aliphatic rings. The summed E-state index contributed by atoms with van der Waals surface area (Å²) in [6.45, 7) is 1.89. The minimum Gasteiger partial charge on any atom is -0.457 e. The fourth-order valence-electron chi connectivity index (χ4n) is 3.20. The highest BCUT2D eigenvalue weighted by Crippen LogP contribution is 2.29. The third-order valence-corrected chi connectivity index (χ3v) is 7.80. The van der Waals surface area contributed by atoms with E-state index >= 15 is 0 Å². The number of rotatable bonds is 7. The molecule has 4 aromatic rings. The van der Waals surface area contributed by atoms with Crippen LogP contribution in [0.2, 0.25) is 0 Å². The summed E-state index contributed by atoms with van der Waals surface area (Å²) in [6.07, 6.45) is 0. The van der Waals surface area contributed by atoms with Crippen molar-refractivity contribution in [2.24, 2.45) is 0 Å². The van der Waals surface area contributed by atoms with Gasteiger partial charge in [-0.25, -0.2) is 8.42 Å². The lowest BCUT2D eigenvalue weighted by Crippen LogP contribution is -2.28. The zero-order chi connectivity index (χ0) is 23.4. The minimum absolute atomic E-state index is 0.0296. The van der Waals surface area contributed by atoms with Crippen LogP contribution in [0.1, 0.15) is 15.2 Å². The normalized spacial score (nSPS) is 11.1. The Hall–Kier alpha value is -3.62. The molecule has 0 radical (unpaired) electrons. The van der Waals surface area contributed by atoms with Gasteiger partial charge in [0.05, 0.1) is 5.69 Å². The molecule has 3 aromatic carbocycles. The smallest absolute Gasteiger partial charge is 0.267 e. The number of nitrogens with zero attached hydrogens (tertiary/aromatic N) is 1. The summed E-state index contributed by atoms with van der Waals surface area (Å²) in [4.78, 5) is 13.0. The number of hydrogen-bond donors (Lipinski definition) is 1. The first-order valence-corrected chi connectivity index (χ1v) is 12.4. The van der Waals surface area contributed by atoms with E-state index in [0.29, 0.717) is 22.9 Å². The summed E-state index contributed by atoms with van der Waals surface area (Å²) in [5.41, 5.74) is 2.00. The number of nitrogens with one attached hydrogen (secondary N) is 1. The monoisotopic (exact) mass is 478 g/mol. The van der Waals surface area contributed by atoms with E-state index in [1.807, 2.05) is 43.3 Å². The molecule has 8 heteroatoms. The molecule has 0 unspecified atom stereocenters. The topological polar surface area (TPSA) is 75.7 Å². The summed E-state index contributed by atoms with van der Waals surface area (Å²) >= 11 is 1.08. The number of anilines is 2. The third kappa shape index (κ3) is 5.08. The van der Waals surface area contributed by atoms with Crippen LogP contribution in [0, 0.1) is 6.92 Å². The highest BCUT2D eigenvalue weighted by molar-refractivity contribution is 7.93. The van der Waals surface area contributed by atoms with Crippen LogP contribution < -0.4 is 14.4 Å². The first kappa shape index (κ1) is 22.6. The number of para-hydroxylation sites is 1. The average Bonchev–Trinajstić information content (AvgIpc) is 3.32. The Balaban J connectivity index is 1.51. The molecule has 1 amide bonds. The summed E-state index contributed by atoms with van der Waals surface area (Å²) in [7, 11) is -2.43. The van der Waals surface area contributed by atoms with E-state index < -0.39 is 15.9 Å². The SMILES string of the molecule is Cc1cccc(N(C)S(=O)(=O)c2ccsc2C(=O)Nc2ccc(Oc3ccccc3)cc2)c1. The second-order valence-electron chi connectivity index (χ2n) is 7.32. The van der Waals surface area contributed by atoms with Gasteiger partial charge in [0.2, 0.25) is 0 Å². The summed E-state index contributed by atoms with van der Waals surface area (Å²) in [5.74, 6) is 0.844. The van der Waals surface area contributed by atoms with Crippen LogP contribution in [0.3, 0.4) is 0 Å². The minimum atomic E-state index is -3.91. The Labute approximate surface area is 197 Å². The van der Waals surface area contributed by atoms with Gasteiger partial charge in [-0.3, -0.25) is 9.10 Å². The highest BCUT2D eigenvalue weighted by atomic mass is 32.2. The molecule has 33 heavy (non-hydrogen) atoms. The van der Waals surface area contributed by atoms with Crippen LogP contribution in [0.15, 0.2) is 95.2 Å². The molecule has 168 valence electrons. The van der Waals surface area contributed by atoms with Crippen LogP contribution in [0.5, 0.6) is 11.5 Å². The van der Waals surface area contributed by atoms with Gasteiger partial charge in [-0.05, 0) is 72.5 Å². The largest absolute Gasteiger partial charge is 0.457 e. The Morgan fingerprint density at radius 3 is 2.30 bits per heavy atom. The molecule has 6 nitrogen and oxygen atoms in total. The standard InChI is InChI=1S/C25H22N2O4S2/c1-18-7-6-8-20(17-18)27(2)33(29,30)23-15-16-32-24(23)25(28)26-19-11-13-22(14-12-19)31-21-9-4-3-5-10-21/h3-17H,1-2H3,(H,26,28). The van der Waals surface area contributed by atoms with Gasteiger partial charge in [0.1, 0.15) is 21.3 Å². The van der Waals surface area contributed by atoms with Crippen LogP contribution in [-0.2, 0) is 10.0 Å². The number of hydrogen-bond acceptors (Lipinski definition) is 5. The number of ether oxygens (including phenoxy) is 1. The van der Waals surface area contributed by atoms with Gasteiger partial charge < -0.3 is 10.1 Å². The Kier molecular flexibility index (Phi) is 6.48. The maximum atomic E-state index is 13.2. The Bertz CT molecular complexity index is 1370. The number of amides is 1. The molecule has 1 heterocycles. The van der Waals surface area contributed by atoms with E-state index in [4.69, 9.17) is 4.74 Å². The van der Waals surface area contributed by atoms with Crippen LogP contribution >= 0.6 is 11.3 Å². The van der Waals surface area contributed by atoms with Gasteiger partial charge in [-0.2, -0.15) is 0 Å². The molecule has 0 fully saturated rings. The molecule has 0 bridgehead atoms. The van der Waals surface area contributed by atoms with E-state index in [1.54, 1.807) is 47.8 Å². The van der Waals surface area contributed by atoms with Crippen molar-refractivity contribution < 1.29 is 17.9 Å². The van der Waals surface area contributed by atoms with Crippen molar-refractivity contribution in [2.75, 3.05) is 16.7 Å². The predicted octanol–water partition coefficient (Wildman–Crippen LogP) is 5.93. The van der Waals surface area contributed by atoms with E-state index in [-0.39, 0.29) is 9.77 Å². The average molecular weight is 479 g/mol. The molecule has 0 saturated heterocycles. The van der Waals surface area contributed by atoms with Gasteiger partial charge >= 0.3 is 0 Å². The Morgan fingerprint density at radius 2 is 1.61 bits per heavy atom. The van der Waals surface area contributed by atoms with Gasteiger partial charge in [-0.15, -0.1) is 11.3 Å². The van der Waals surface area contributed by atoms with Crippen molar-refractivity contribution in [1.82, 2.24) is 0 Å². The fourth-order valence-corrected chi connectivity index (χ4v) is 5.68. The lowest BCUT2D eigenvalue weighted by Gasteiger charge is -2.20. The van der Waals surface area contributed by atoms with Crippen molar-refractivity contribution in [3.05, 3.63) is 101 Å². The second-order valence-corrected chi connectivity index (χ2v) is 10.2. The molecule has 0 spiro atoms. The molecule has 0 aliphatic carbocycles. The van der Waals surface area contributed by atoms with Crippen LogP contribution in [0.25, 0.3) is 0 Å². The number of benzene rings is 3. The molecule has 0 saturated carbocycles. The molecule has 1 N–H and O–H groups in total. The van der Waals surface area contributed by atoms with E-state index in [1.165, 1.54) is 17.4 Å². The lowest BCUT2D eigenvalue weighted by atomic mass is 10.2. The van der Waals surface area contributed by atoms with Crippen molar-refractivity contribution in [3.8, 4) is 11.5 Å². The first-order valence-electron chi connectivity index (χ1n) is 10.1. The zero-order valence-electron chi connectivity index (χ0n) is 18.1. The molecule has 1 aromatic heterocycles. The van der Waals surface area contributed by atoms with Crippen molar-refractivity contribution >= 4 is 38.6 Å². The van der Waals surface area contributed by atoms with E-state index in [2.05, 4.69) is 5.32 Å². The molecule has 0 atom stereocenters. The van der Waals surface area contributed by atoms with E-state index in [0.717, 1.165) is 16.9 Å². The van der Waals surface area contributed by atoms with Gasteiger partial charge in [0, 0.05) is 12.7 Å². The maximum absolute atomic E-state index is 13.2. The second kappa shape index (κ2) is 9.48. The Morgan fingerprint density at radius 1 is 0.909 bits per heavy atom. The summed E-state index contributed by atoms with van der Waals surface area (Å²) in [5, 5.41) is 4.37. The van der Waals surface area contributed by atoms with E-state index in [9.17, 15) is 13.2 Å². The number of carbonyl (C=O) groups is 1. The number of thiophene rings is 1. The van der Waals surface area contributed by atoms with Gasteiger partial charge in [0.15, 0.2) is 0 Å². The van der Waals surface area contributed by atoms with Crippen LogP contribution in [-0.4, -0.2) is 21.4 Å². The summed E-state index contributed by atoms with van der Waals surface area (Å²) in [6, 6.07) is 24.9. The zero-order valence-corrected chi connectivity index (χ0v) is 19.7. The predicted molar refractivity (Wildman–Crippen MR) is 132 cm³/mol. The molecule has 0 aliphatic heterocycles. The molecule has 4 rings (SSSR count). The number of aryl methyl sites for hydroxylation is 1. The van der Waals surface area contributed by atoms with Crippen molar-refractivity contribution in [3.63, 3.8) is 0 Å². The fraction of sp³-hybridized carbons (Fsp3) is 0.0800.